The number of aliphatic hydroxyl groups excluding tert-OH is 1. The number of rotatable bonds is 9. The summed E-state index contributed by atoms with van der Waals surface area (Å²) in [7, 11) is 0. The minimum atomic E-state index is -1.26. The van der Waals surface area contributed by atoms with E-state index in [2.05, 4.69) is 19.3 Å². The number of hydrogen-bond acceptors (Lipinski definition) is 5. The molecule has 0 spiro atoms. The van der Waals surface area contributed by atoms with E-state index < -0.39 is 18.1 Å². The summed E-state index contributed by atoms with van der Waals surface area (Å²) >= 11 is 1.63. The SMILES string of the molecule is CC(C)CSC[C@@H](N)C(O)C(=O)NOCc1ccccc1. The number of carbonyl (C=O) groups is 1. The van der Waals surface area contributed by atoms with E-state index in [0.717, 1.165) is 11.3 Å². The summed E-state index contributed by atoms with van der Waals surface area (Å²) in [4.78, 5) is 16.8. The van der Waals surface area contributed by atoms with Crippen LogP contribution in [0.25, 0.3) is 0 Å². The van der Waals surface area contributed by atoms with Crippen molar-refractivity contribution in [1.29, 1.82) is 0 Å². The Morgan fingerprint density at radius 1 is 1.33 bits per heavy atom. The van der Waals surface area contributed by atoms with Gasteiger partial charge in [0.25, 0.3) is 5.91 Å². The van der Waals surface area contributed by atoms with Crippen LogP contribution in [0, 0.1) is 5.92 Å². The van der Waals surface area contributed by atoms with Gasteiger partial charge in [-0.1, -0.05) is 44.2 Å². The monoisotopic (exact) mass is 312 g/mol. The molecule has 0 aliphatic carbocycles. The molecule has 4 N–H and O–H groups in total. The van der Waals surface area contributed by atoms with E-state index in [1.807, 2.05) is 30.3 Å². The lowest BCUT2D eigenvalue weighted by Crippen LogP contribution is -2.47. The third-order valence-corrected chi connectivity index (χ3v) is 4.21. The number of hydroxylamine groups is 1. The summed E-state index contributed by atoms with van der Waals surface area (Å²) < 4.78 is 0. The summed E-state index contributed by atoms with van der Waals surface area (Å²) in [5.41, 5.74) is 8.97. The van der Waals surface area contributed by atoms with Crippen molar-refractivity contribution in [1.82, 2.24) is 5.48 Å². The van der Waals surface area contributed by atoms with Gasteiger partial charge in [-0.2, -0.15) is 11.8 Å². The molecule has 1 rings (SSSR count). The number of nitrogens with one attached hydrogen (secondary N) is 1. The van der Waals surface area contributed by atoms with Crippen LogP contribution >= 0.6 is 11.8 Å². The lowest BCUT2D eigenvalue weighted by molar-refractivity contribution is -0.144. The van der Waals surface area contributed by atoms with Crippen molar-refractivity contribution in [3.63, 3.8) is 0 Å². The Morgan fingerprint density at radius 2 is 2.00 bits per heavy atom. The molecule has 1 aromatic rings. The van der Waals surface area contributed by atoms with Crippen LogP contribution in [-0.4, -0.2) is 34.7 Å². The number of amides is 1. The van der Waals surface area contributed by atoms with Gasteiger partial charge in [0.15, 0.2) is 6.10 Å². The van der Waals surface area contributed by atoms with Crippen LogP contribution in [0.2, 0.25) is 0 Å². The second-order valence-corrected chi connectivity index (χ2v) is 6.36. The summed E-state index contributed by atoms with van der Waals surface area (Å²) in [5.74, 6) is 1.43. The highest BCUT2D eigenvalue weighted by Gasteiger charge is 2.23. The highest BCUT2D eigenvalue weighted by molar-refractivity contribution is 7.99. The third kappa shape index (κ3) is 7.47. The minimum absolute atomic E-state index is 0.247. The van der Waals surface area contributed by atoms with Crippen molar-refractivity contribution in [2.45, 2.75) is 32.6 Å². The van der Waals surface area contributed by atoms with Gasteiger partial charge in [0, 0.05) is 11.8 Å². The summed E-state index contributed by atoms with van der Waals surface area (Å²) in [5, 5.41) is 9.82. The topological polar surface area (TPSA) is 84.6 Å². The Balaban J connectivity index is 2.24. The average Bonchev–Trinajstić information content (AvgIpc) is 2.47. The zero-order valence-electron chi connectivity index (χ0n) is 12.5. The predicted molar refractivity (Wildman–Crippen MR) is 85.5 cm³/mol. The number of aliphatic hydroxyl groups is 1. The number of benzene rings is 1. The Hall–Kier alpha value is -1.08. The molecular formula is C15H24N2O3S. The van der Waals surface area contributed by atoms with Gasteiger partial charge in [-0.15, -0.1) is 0 Å². The molecule has 2 atom stereocenters. The van der Waals surface area contributed by atoms with Gasteiger partial charge in [-0.05, 0) is 17.2 Å². The Bertz CT molecular complexity index is 415. The molecule has 0 bridgehead atoms. The highest BCUT2D eigenvalue weighted by atomic mass is 32.2. The van der Waals surface area contributed by atoms with Crippen LogP contribution in [0.3, 0.4) is 0 Å². The first-order valence-electron chi connectivity index (χ1n) is 6.97. The van der Waals surface area contributed by atoms with Crippen molar-refractivity contribution in [3.05, 3.63) is 35.9 Å². The van der Waals surface area contributed by atoms with Crippen molar-refractivity contribution in [2.24, 2.45) is 11.7 Å². The molecule has 21 heavy (non-hydrogen) atoms. The molecular weight excluding hydrogens is 288 g/mol. The predicted octanol–water partition coefficient (Wildman–Crippen LogP) is 1.31. The van der Waals surface area contributed by atoms with Gasteiger partial charge in [0.1, 0.15) is 0 Å². The molecule has 1 amide bonds. The molecule has 6 heteroatoms. The fraction of sp³-hybridized carbons (Fsp3) is 0.533. The van der Waals surface area contributed by atoms with E-state index in [0.29, 0.717) is 11.7 Å². The lowest BCUT2D eigenvalue weighted by atomic mass is 10.2. The van der Waals surface area contributed by atoms with Crippen LogP contribution in [0.1, 0.15) is 19.4 Å². The van der Waals surface area contributed by atoms with Gasteiger partial charge in [-0.25, -0.2) is 5.48 Å². The van der Waals surface area contributed by atoms with E-state index in [9.17, 15) is 9.90 Å². The van der Waals surface area contributed by atoms with E-state index in [-0.39, 0.29) is 6.61 Å². The Labute approximate surface area is 130 Å². The first-order chi connectivity index (χ1) is 10.0. The lowest BCUT2D eigenvalue weighted by Gasteiger charge is -2.18. The second-order valence-electron chi connectivity index (χ2n) is 5.28. The molecule has 0 aliphatic rings. The zero-order valence-corrected chi connectivity index (χ0v) is 13.3. The maximum Gasteiger partial charge on any atom is 0.274 e. The summed E-state index contributed by atoms with van der Waals surface area (Å²) in [6.07, 6.45) is -1.26. The van der Waals surface area contributed by atoms with Crippen molar-refractivity contribution in [2.75, 3.05) is 11.5 Å². The quantitative estimate of drug-likeness (QED) is 0.599. The van der Waals surface area contributed by atoms with Gasteiger partial charge >= 0.3 is 0 Å². The average molecular weight is 312 g/mol. The Morgan fingerprint density at radius 3 is 2.62 bits per heavy atom. The van der Waals surface area contributed by atoms with Crippen LogP contribution in [0.4, 0.5) is 0 Å². The number of carbonyl (C=O) groups excluding carboxylic acids is 1. The molecule has 1 unspecified atom stereocenters. The first kappa shape index (κ1) is 18.0. The van der Waals surface area contributed by atoms with Crippen molar-refractivity contribution >= 4 is 17.7 Å². The molecule has 0 radical (unpaired) electrons. The second kappa shape index (κ2) is 9.78. The maximum atomic E-state index is 11.7. The molecule has 0 saturated heterocycles. The zero-order chi connectivity index (χ0) is 15.7. The van der Waals surface area contributed by atoms with Crippen LogP contribution in [0.5, 0.6) is 0 Å². The van der Waals surface area contributed by atoms with Crippen LogP contribution in [-0.2, 0) is 16.2 Å². The number of thioether (sulfide) groups is 1. The van der Waals surface area contributed by atoms with Crippen LogP contribution in [0.15, 0.2) is 30.3 Å². The van der Waals surface area contributed by atoms with E-state index in [1.54, 1.807) is 11.8 Å². The molecule has 1 aromatic carbocycles. The number of hydrogen-bond donors (Lipinski definition) is 3. The Kier molecular flexibility index (Phi) is 8.37. The standard InChI is InChI=1S/C15H24N2O3S/c1-11(2)9-21-10-13(16)14(18)15(19)17-20-8-12-6-4-3-5-7-12/h3-7,11,13-14,18H,8-10,16H2,1-2H3,(H,17,19)/t13-,14?/m1/s1. The molecule has 0 aliphatic heterocycles. The van der Waals surface area contributed by atoms with Crippen molar-refractivity contribution in [3.8, 4) is 0 Å². The summed E-state index contributed by atoms with van der Waals surface area (Å²) in [6.45, 7) is 4.47. The largest absolute Gasteiger partial charge is 0.381 e. The first-order valence-corrected chi connectivity index (χ1v) is 8.13. The fourth-order valence-corrected chi connectivity index (χ4v) is 2.61. The minimum Gasteiger partial charge on any atom is -0.381 e. The molecule has 118 valence electrons. The molecule has 0 fully saturated rings. The van der Waals surface area contributed by atoms with Crippen molar-refractivity contribution < 1.29 is 14.7 Å². The smallest absolute Gasteiger partial charge is 0.274 e. The fourth-order valence-electron chi connectivity index (χ4n) is 1.55. The molecule has 0 aromatic heterocycles. The third-order valence-electron chi connectivity index (χ3n) is 2.69. The van der Waals surface area contributed by atoms with E-state index in [1.165, 1.54) is 0 Å². The highest BCUT2D eigenvalue weighted by Crippen LogP contribution is 2.10. The van der Waals surface area contributed by atoms with Gasteiger partial charge < -0.3 is 10.8 Å². The molecule has 0 heterocycles. The van der Waals surface area contributed by atoms with Gasteiger partial charge in [0.05, 0.1) is 6.61 Å². The number of nitrogens with two attached hydrogens (primary N) is 1. The summed E-state index contributed by atoms with van der Waals surface area (Å²) in [6, 6.07) is 8.84. The molecule has 5 nitrogen and oxygen atoms in total. The van der Waals surface area contributed by atoms with E-state index >= 15 is 0 Å². The van der Waals surface area contributed by atoms with E-state index in [4.69, 9.17) is 10.6 Å². The maximum absolute atomic E-state index is 11.7. The van der Waals surface area contributed by atoms with Crippen LogP contribution < -0.4 is 11.2 Å². The van der Waals surface area contributed by atoms with Gasteiger partial charge in [-0.3, -0.25) is 9.63 Å². The van der Waals surface area contributed by atoms with Gasteiger partial charge in [0.2, 0.25) is 0 Å². The molecule has 0 saturated carbocycles. The normalized spacial score (nSPS) is 14.0.